The SMILES string of the molecule is CN1CCCC1c1oncc1C(=O)O. The lowest BCUT2D eigenvalue weighted by molar-refractivity contribution is 0.0691. The van der Waals surface area contributed by atoms with Crippen LogP contribution in [0, 0.1) is 0 Å². The van der Waals surface area contributed by atoms with Gasteiger partial charge in [0.25, 0.3) is 0 Å². The largest absolute Gasteiger partial charge is 0.478 e. The van der Waals surface area contributed by atoms with Gasteiger partial charge in [0.2, 0.25) is 0 Å². The first-order valence-corrected chi connectivity index (χ1v) is 4.58. The Morgan fingerprint density at radius 3 is 3.14 bits per heavy atom. The first-order chi connectivity index (χ1) is 6.70. The van der Waals surface area contributed by atoms with Crippen molar-refractivity contribution in [1.82, 2.24) is 10.1 Å². The van der Waals surface area contributed by atoms with Gasteiger partial charge in [0.05, 0.1) is 12.2 Å². The lowest BCUT2D eigenvalue weighted by Gasteiger charge is -2.16. The van der Waals surface area contributed by atoms with Gasteiger partial charge in [0, 0.05) is 0 Å². The van der Waals surface area contributed by atoms with Crippen molar-refractivity contribution in [2.24, 2.45) is 0 Å². The standard InChI is InChI=1S/C9H12N2O3/c1-11-4-2-3-7(11)8-6(9(12)13)5-10-14-8/h5,7H,2-4H2,1H3,(H,12,13). The lowest BCUT2D eigenvalue weighted by atomic mass is 10.1. The minimum Gasteiger partial charge on any atom is -0.478 e. The molecule has 14 heavy (non-hydrogen) atoms. The molecule has 1 atom stereocenters. The van der Waals surface area contributed by atoms with Crippen LogP contribution < -0.4 is 0 Å². The van der Waals surface area contributed by atoms with Crippen molar-refractivity contribution in [1.29, 1.82) is 0 Å². The van der Waals surface area contributed by atoms with Gasteiger partial charge in [-0.1, -0.05) is 5.16 Å². The van der Waals surface area contributed by atoms with Gasteiger partial charge in [0.15, 0.2) is 5.76 Å². The number of carbonyl (C=O) groups is 1. The van der Waals surface area contributed by atoms with Crippen molar-refractivity contribution < 1.29 is 14.4 Å². The third-order valence-corrected chi connectivity index (χ3v) is 2.65. The molecule has 76 valence electrons. The summed E-state index contributed by atoms with van der Waals surface area (Å²) in [7, 11) is 1.96. The molecular weight excluding hydrogens is 184 g/mol. The summed E-state index contributed by atoms with van der Waals surface area (Å²) < 4.78 is 5.01. The van der Waals surface area contributed by atoms with Crippen molar-refractivity contribution in [2.45, 2.75) is 18.9 Å². The van der Waals surface area contributed by atoms with E-state index in [0.717, 1.165) is 19.4 Å². The van der Waals surface area contributed by atoms with Crippen molar-refractivity contribution in [3.63, 3.8) is 0 Å². The molecule has 1 fully saturated rings. The summed E-state index contributed by atoms with van der Waals surface area (Å²) in [5.41, 5.74) is 0.184. The van der Waals surface area contributed by atoms with Crippen molar-refractivity contribution in [3.05, 3.63) is 17.5 Å². The first kappa shape index (κ1) is 9.21. The molecule has 1 unspecified atom stereocenters. The van der Waals surface area contributed by atoms with E-state index >= 15 is 0 Å². The van der Waals surface area contributed by atoms with E-state index in [1.54, 1.807) is 0 Å². The van der Waals surface area contributed by atoms with Crippen molar-refractivity contribution >= 4 is 5.97 Å². The number of nitrogens with zero attached hydrogens (tertiary/aromatic N) is 2. The Hall–Kier alpha value is -1.36. The average molecular weight is 196 g/mol. The molecule has 5 heteroatoms. The van der Waals surface area contributed by atoms with Gasteiger partial charge in [0.1, 0.15) is 5.56 Å². The van der Waals surface area contributed by atoms with E-state index in [4.69, 9.17) is 9.63 Å². The second kappa shape index (κ2) is 3.42. The predicted octanol–water partition coefficient (Wildman–Crippen LogP) is 1.14. The quantitative estimate of drug-likeness (QED) is 0.768. The average Bonchev–Trinajstić information content (AvgIpc) is 2.70. The van der Waals surface area contributed by atoms with Crippen LogP contribution in [0.15, 0.2) is 10.7 Å². The number of carboxylic acids is 1. The molecule has 1 aromatic heterocycles. The predicted molar refractivity (Wildman–Crippen MR) is 48.1 cm³/mol. The highest BCUT2D eigenvalue weighted by atomic mass is 16.5. The monoisotopic (exact) mass is 196 g/mol. The molecule has 2 rings (SSSR count). The minimum atomic E-state index is -0.971. The van der Waals surface area contributed by atoms with Crippen molar-refractivity contribution in [3.8, 4) is 0 Å². The number of aromatic nitrogens is 1. The molecular formula is C9H12N2O3. The molecule has 1 saturated heterocycles. The third kappa shape index (κ3) is 1.39. The molecule has 0 aromatic carbocycles. The van der Waals surface area contributed by atoms with Crippen LogP contribution in [-0.4, -0.2) is 34.7 Å². The summed E-state index contributed by atoms with van der Waals surface area (Å²) >= 11 is 0. The number of rotatable bonds is 2. The molecule has 0 spiro atoms. The fourth-order valence-corrected chi connectivity index (χ4v) is 1.89. The molecule has 0 amide bonds. The van der Waals surface area contributed by atoms with Gasteiger partial charge in [-0.3, -0.25) is 4.90 Å². The molecule has 5 nitrogen and oxygen atoms in total. The highest BCUT2D eigenvalue weighted by molar-refractivity contribution is 5.88. The Balaban J connectivity index is 2.31. The summed E-state index contributed by atoms with van der Waals surface area (Å²) in [5.74, 6) is -0.487. The maximum Gasteiger partial charge on any atom is 0.341 e. The third-order valence-electron chi connectivity index (χ3n) is 2.65. The summed E-state index contributed by atoms with van der Waals surface area (Å²) in [6.07, 6.45) is 3.27. The van der Waals surface area contributed by atoms with E-state index in [2.05, 4.69) is 10.1 Å². The van der Waals surface area contributed by atoms with E-state index in [0.29, 0.717) is 5.76 Å². The molecule has 2 heterocycles. The van der Waals surface area contributed by atoms with Crippen LogP contribution in [0.1, 0.15) is 35.0 Å². The fourth-order valence-electron chi connectivity index (χ4n) is 1.89. The maximum atomic E-state index is 10.8. The smallest absolute Gasteiger partial charge is 0.341 e. The second-order valence-corrected chi connectivity index (χ2v) is 3.55. The highest BCUT2D eigenvalue weighted by Crippen LogP contribution is 2.32. The molecule has 0 saturated carbocycles. The van der Waals surface area contributed by atoms with Crippen LogP contribution in [0.5, 0.6) is 0 Å². The van der Waals surface area contributed by atoms with Gasteiger partial charge >= 0.3 is 5.97 Å². The van der Waals surface area contributed by atoms with Gasteiger partial charge in [-0.25, -0.2) is 4.79 Å². The van der Waals surface area contributed by atoms with Crippen LogP contribution in [0.25, 0.3) is 0 Å². The molecule has 1 aromatic rings. The Kier molecular flexibility index (Phi) is 2.25. The van der Waals surface area contributed by atoms with E-state index in [1.165, 1.54) is 6.20 Å². The Labute approximate surface area is 81.3 Å². The molecule has 0 bridgehead atoms. The van der Waals surface area contributed by atoms with E-state index in [1.807, 2.05) is 7.05 Å². The number of likely N-dealkylation sites (tertiary alicyclic amines) is 1. The minimum absolute atomic E-state index is 0.0728. The topological polar surface area (TPSA) is 66.6 Å². The molecule has 1 N–H and O–H groups in total. The normalized spacial score (nSPS) is 22.8. The zero-order valence-corrected chi connectivity index (χ0v) is 7.93. The van der Waals surface area contributed by atoms with Crippen molar-refractivity contribution in [2.75, 3.05) is 13.6 Å². The van der Waals surface area contributed by atoms with Crippen LogP contribution in [0.4, 0.5) is 0 Å². The molecule has 1 aliphatic rings. The Morgan fingerprint density at radius 1 is 1.79 bits per heavy atom. The molecule has 1 aliphatic heterocycles. The van der Waals surface area contributed by atoms with E-state index in [-0.39, 0.29) is 11.6 Å². The van der Waals surface area contributed by atoms with Crippen LogP contribution in [-0.2, 0) is 0 Å². The molecule has 0 radical (unpaired) electrons. The zero-order valence-electron chi connectivity index (χ0n) is 7.93. The van der Waals surface area contributed by atoms with Gasteiger partial charge in [-0.05, 0) is 26.4 Å². The number of carboxylic acid groups (broad SMARTS) is 1. The zero-order chi connectivity index (χ0) is 10.1. The molecule has 0 aliphatic carbocycles. The first-order valence-electron chi connectivity index (χ1n) is 4.58. The van der Waals surface area contributed by atoms with E-state index in [9.17, 15) is 4.79 Å². The van der Waals surface area contributed by atoms with E-state index < -0.39 is 5.97 Å². The lowest BCUT2D eigenvalue weighted by Crippen LogP contribution is -2.18. The maximum absolute atomic E-state index is 10.8. The summed E-state index contributed by atoms with van der Waals surface area (Å²) in [4.78, 5) is 12.9. The summed E-state index contributed by atoms with van der Waals surface area (Å²) in [6, 6.07) is 0.0728. The van der Waals surface area contributed by atoms with Crippen LogP contribution >= 0.6 is 0 Å². The number of aromatic carboxylic acids is 1. The van der Waals surface area contributed by atoms with Gasteiger partial charge < -0.3 is 9.63 Å². The van der Waals surface area contributed by atoms with Crippen LogP contribution in [0.2, 0.25) is 0 Å². The Morgan fingerprint density at radius 2 is 2.57 bits per heavy atom. The number of hydrogen-bond acceptors (Lipinski definition) is 4. The van der Waals surface area contributed by atoms with Gasteiger partial charge in [-0.15, -0.1) is 0 Å². The second-order valence-electron chi connectivity index (χ2n) is 3.55. The Bertz CT molecular complexity index is 348. The highest BCUT2D eigenvalue weighted by Gasteiger charge is 2.30. The summed E-state index contributed by atoms with van der Waals surface area (Å²) in [6.45, 7) is 0.977. The van der Waals surface area contributed by atoms with Crippen LogP contribution in [0.3, 0.4) is 0 Å². The van der Waals surface area contributed by atoms with Gasteiger partial charge in [-0.2, -0.15) is 0 Å². The fraction of sp³-hybridized carbons (Fsp3) is 0.556. The number of hydrogen-bond donors (Lipinski definition) is 1. The summed E-state index contributed by atoms with van der Waals surface area (Å²) in [5, 5.41) is 12.4.